The molecule has 0 bridgehead atoms. The van der Waals surface area contributed by atoms with Crippen LogP contribution in [0.5, 0.6) is 0 Å². The molecule has 0 fully saturated rings. The van der Waals surface area contributed by atoms with E-state index in [2.05, 4.69) is 0 Å². The van der Waals surface area contributed by atoms with Gasteiger partial charge in [0.05, 0.1) is 18.8 Å². The van der Waals surface area contributed by atoms with Crippen molar-refractivity contribution >= 4 is 11.6 Å². The number of ether oxygens (including phenoxy) is 1. The van der Waals surface area contributed by atoms with Gasteiger partial charge in [0.2, 0.25) is 0 Å². The molecule has 0 saturated heterocycles. The number of nitriles is 2. The summed E-state index contributed by atoms with van der Waals surface area (Å²) in [6.07, 6.45) is 2.48. The molecular formula is C8H7ClN2O. The molecule has 12 heavy (non-hydrogen) atoms. The van der Waals surface area contributed by atoms with Crippen molar-refractivity contribution in [1.82, 2.24) is 0 Å². The molecule has 0 unspecified atom stereocenters. The smallest absolute Gasteiger partial charge is 0.131 e. The van der Waals surface area contributed by atoms with Gasteiger partial charge in [-0.2, -0.15) is 10.5 Å². The number of allylic oxidation sites excluding steroid dienone is 3. The summed E-state index contributed by atoms with van der Waals surface area (Å²) in [5.74, 6) is 0.298. The molecule has 0 rings (SSSR count). The van der Waals surface area contributed by atoms with Crippen LogP contribution in [0.15, 0.2) is 22.9 Å². The largest absolute Gasteiger partial charge is 0.493 e. The lowest BCUT2D eigenvalue weighted by Gasteiger charge is -2.00. The van der Waals surface area contributed by atoms with E-state index in [4.69, 9.17) is 26.9 Å². The highest BCUT2D eigenvalue weighted by Gasteiger charge is 1.94. The Morgan fingerprint density at radius 3 is 2.67 bits per heavy atom. The second-order valence-electron chi connectivity index (χ2n) is 1.71. The molecule has 62 valence electrons. The van der Waals surface area contributed by atoms with Crippen molar-refractivity contribution in [1.29, 1.82) is 10.5 Å². The number of rotatable bonds is 3. The number of halogens is 1. The second kappa shape index (κ2) is 6.27. The van der Waals surface area contributed by atoms with E-state index in [-0.39, 0.29) is 5.03 Å². The van der Waals surface area contributed by atoms with Crippen molar-refractivity contribution in [3.8, 4) is 12.1 Å². The Kier molecular flexibility index (Phi) is 5.51. The molecule has 0 N–H and O–H groups in total. The van der Waals surface area contributed by atoms with E-state index in [1.165, 1.54) is 12.2 Å². The van der Waals surface area contributed by atoms with Gasteiger partial charge in [0.15, 0.2) is 0 Å². The molecule has 0 aromatic heterocycles. The molecule has 0 aliphatic carbocycles. The van der Waals surface area contributed by atoms with Crippen LogP contribution in [0.25, 0.3) is 0 Å². The maximum absolute atomic E-state index is 8.30. The van der Waals surface area contributed by atoms with E-state index in [0.717, 1.165) is 0 Å². The molecule has 0 aromatic rings. The summed E-state index contributed by atoms with van der Waals surface area (Å²) in [5, 5.41) is 16.6. The fraction of sp³-hybridized carbons (Fsp3) is 0.250. The first-order chi connectivity index (χ1) is 5.74. The van der Waals surface area contributed by atoms with Gasteiger partial charge in [0.1, 0.15) is 16.9 Å². The zero-order chi connectivity index (χ0) is 9.40. The first-order valence-corrected chi connectivity index (χ1v) is 3.62. The van der Waals surface area contributed by atoms with Gasteiger partial charge in [-0.15, -0.1) is 0 Å². The highest BCUT2D eigenvalue weighted by Crippen LogP contribution is 2.06. The standard InChI is InChI=1S/C8H7ClN2O/c1-2-12-8(3-4-10)5-7(9)6-11/h3,5H,2H2,1H3. The summed E-state index contributed by atoms with van der Waals surface area (Å²) >= 11 is 5.40. The van der Waals surface area contributed by atoms with Crippen LogP contribution in [0, 0.1) is 22.7 Å². The summed E-state index contributed by atoms with van der Waals surface area (Å²) in [7, 11) is 0. The molecule has 3 nitrogen and oxygen atoms in total. The average molecular weight is 183 g/mol. The Morgan fingerprint density at radius 2 is 2.25 bits per heavy atom. The van der Waals surface area contributed by atoms with Crippen LogP contribution in [-0.4, -0.2) is 6.61 Å². The molecule has 0 amide bonds. The van der Waals surface area contributed by atoms with E-state index in [9.17, 15) is 0 Å². The lowest BCUT2D eigenvalue weighted by atomic mass is 10.4. The molecular weight excluding hydrogens is 176 g/mol. The quantitative estimate of drug-likeness (QED) is 0.382. The first kappa shape index (κ1) is 10.6. The van der Waals surface area contributed by atoms with Crippen molar-refractivity contribution in [3.05, 3.63) is 22.9 Å². The fourth-order valence-corrected chi connectivity index (χ4v) is 0.620. The predicted molar refractivity (Wildman–Crippen MR) is 44.9 cm³/mol. The lowest BCUT2D eigenvalue weighted by molar-refractivity contribution is 0.243. The molecule has 0 saturated carbocycles. The van der Waals surface area contributed by atoms with Gasteiger partial charge in [0.25, 0.3) is 0 Å². The zero-order valence-electron chi connectivity index (χ0n) is 6.54. The van der Waals surface area contributed by atoms with Crippen LogP contribution < -0.4 is 0 Å². The van der Waals surface area contributed by atoms with Gasteiger partial charge in [-0.05, 0) is 6.92 Å². The van der Waals surface area contributed by atoms with Crippen molar-refractivity contribution in [2.24, 2.45) is 0 Å². The Bertz CT molecular complexity index is 280. The third-order valence-corrected chi connectivity index (χ3v) is 1.09. The number of nitrogens with zero attached hydrogens (tertiary/aromatic N) is 2. The maximum Gasteiger partial charge on any atom is 0.131 e. The number of hydrogen-bond donors (Lipinski definition) is 0. The van der Waals surface area contributed by atoms with Crippen molar-refractivity contribution < 1.29 is 4.74 Å². The summed E-state index contributed by atoms with van der Waals surface area (Å²) in [4.78, 5) is 0. The van der Waals surface area contributed by atoms with Crippen LogP contribution in [0.2, 0.25) is 0 Å². The molecule has 0 atom stereocenters. The third kappa shape index (κ3) is 4.38. The minimum atomic E-state index is -0.00931. The monoisotopic (exact) mass is 182 g/mol. The molecule has 0 aliphatic heterocycles. The summed E-state index contributed by atoms with van der Waals surface area (Å²) in [5.41, 5.74) is 0. The zero-order valence-corrected chi connectivity index (χ0v) is 7.30. The minimum Gasteiger partial charge on any atom is -0.493 e. The van der Waals surface area contributed by atoms with Gasteiger partial charge in [0, 0.05) is 6.08 Å². The molecule has 0 aromatic carbocycles. The minimum absolute atomic E-state index is 0.00931. The molecule has 0 aliphatic rings. The Morgan fingerprint density at radius 1 is 1.58 bits per heavy atom. The van der Waals surface area contributed by atoms with E-state index in [1.807, 2.05) is 0 Å². The molecule has 0 radical (unpaired) electrons. The van der Waals surface area contributed by atoms with Crippen molar-refractivity contribution in [3.63, 3.8) is 0 Å². The van der Waals surface area contributed by atoms with E-state index in [0.29, 0.717) is 12.4 Å². The van der Waals surface area contributed by atoms with Crippen molar-refractivity contribution in [2.45, 2.75) is 6.92 Å². The van der Waals surface area contributed by atoms with Crippen molar-refractivity contribution in [2.75, 3.05) is 6.61 Å². The van der Waals surface area contributed by atoms with Gasteiger partial charge in [-0.25, -0.2) is 0 Å². The molecule has 0 heterocycles. The summed E-state index contributed by atoms with van der Waals surface area (Å²) < 4.78 is 4.98. The summed E-state index contributed by atoms with van der Waals surface area (Å²) in [6.45, 7) is 2.21. The highest BCUT2D eigenvalue weighted by atomic mass is 35.5. The Balaban J connectivity index is 4.48. The average Bonchev–Trinajstić information content (AvgIpc) is 2.05. The predicted octanol–water partition coefficient (Wildman–Crippen LogP) is 2.08. The van der Waals surface area contributed by atoms with Crippen LogP contribution in [0.3, 0.4) is 0 Å². The normalized spacial score (nSPS) is 11.7. The topological polar surface area (TPSA) is 56.8 Å². The van der Waals surface area contributed by atoms with Gasteiger partial charge in [-0.1, -0.05) is 11.6 Å². The Hall–Kier alpha value is -1.45. The highest BCUT2D eigenvalue weighted by molar-refractivity contribution is 6.32. The van der Waals surface area contributed by atoms with Crippen LogP contribution in [0.4, 0.5) is 0 Å². The first-order valence-electron chi connectivity index (χ1n) is 3.24. The molecule has 4 heteroatoms. The lowest BCUT2D eigenvalue weighted by Crippen LogP contribution is -1.88. The number of hydrogen-bond acceptors (Lipinski definition) is 3. The van der Waals surface area contributed by atoms with Crippen LogP contribution >= 0.6 is 11.6 Å². The fourth-order valence-electron chi connectivity index (χ4n) is 0.512. The SMILES string of the molecule is CCOC(C=C(Cl)C#N)=CC#N. The Labute approximate surface area is 76.1 Å². The third-order valence-electron chi connectivity index (χ3n) is 0.894. The van der Waals surface area contributed by atoms with E-state index in [1.54, 1.807) is 19.1 Å². The maximum atomic E-state index is 8.30. The molecule has 0 spiro atoms. The van der Waals surface area contributed by atoms with Gasteiger partial charge >= 0.3 is 0 Å². The van der Waals surface area contributed by atoms with E-state index >= 15 is 0 Å². The van der Waals surface area contributed by atoms with Crippen LogP contribution in [-0.2, 0) is 4.74 Å². The van der Waals surface area contributed by atoms with E-state index < -0.39 is 0 Å². The second-order valence-corrected chi connectivity index (χ2v) is 2.12. The summed E-state index contributed by atoms with van der Waals surface area (Å²) in [6, 6.07) is 3.49. The van der Waals surface area contributed by atoms with Gasteiger partial charge < -0.3 is 4.74 Å². The van der Waals surface area contributed by atoms with Crippen LogP contribution in [0.1, 0.15) is 6.92 Å². The van der Waals surface area contributed by atoms with Gasteiger partial charge in [-0.3, -0.25) is 0 Å².